The van der Waals surface area contributed by atoms with Gasteiger partial charge in [0.15, 0.2) is 0 Å². The van der Waals surface area contributed by atoms with Gasteiger partial charge in [0.1, 0.15) is 5.75 Å². The van der Waals surface area contributed by atoms with Crippen LogP contribution in [0.5, 0.6) is 5.75 Å². The van der Waals surface area contributed by atoms with E-state index >= 15 is 0 Å². The van der Waals surface area contributed by atoms with Gasteiger partial charge in [-0.1, -0.05) is 32.0 Å². The number of carbonyl (C=O) groups is 1. The Morgan fingerprint density at radius 1 is 1.39 bits per heavy atom. The first kappa shape index (κ1) is 14.9. The maximum atomic E-state index is 11.6. The summed E-state index contributed by atoms with van der Waals surface area (Å²) < 4.78 is 5.23. The first-order valence-electron chi connectivity index (χ1n) is 6.09. The zero-order valence-corrected chi connectivity index (χ0v) is 12.0. The summed E-state index contributed by atoms with van der Waals surface area (Å²) in [5.74, 6) is 3.05. The van der Waals surface area contributed by atoms with Gasteiger partial charge < -0.3 is 10.1 Å². The van der Waals surface area contributed by atoms with E-state index in [4.69, 9.17) is 4.74 Å². The van der Waals surface area contributed by atoms with Crippen LogP contribution in [-0.4, -0.2) is 24.5 Å². The van der Waals surface area contributed by atoms with Crippen LogP contribution in [0.1, 0.15) is 19.4 Å². The number of benzene rings is 1. The van der Waals surface area contributed by atoms with Gasteiger partial charge in [-0.2, -0.15) is 11.8 Å². The van der Waals surface area contributed by atoms with Crippen molar-refractivity contribution < 1.29 is 9.53 Å². The van der Waals surface area contributed by atoms with Crippen molar-refractivity contribution in [3.8, 4) is 5.75 Å². The molecule has 0 unspecified atom stereocenters. The molecule has 1 aromatic carbocycles. The van der Waals surface area contributed by atoms with Crippen LogP contribution >= 0.6 is 11.8 Å². The summed E-state index contributed by atoms with van der Waals surface area (Å²) in [7, 11) is 1.64. The van der Waals surface area contributed by atoms with Crippen molar-refractivity contribution in [2.45, 2.75) is 20.4 Å². The fraction of sp³-hybridized carbons (Fsp3) is 0.500. The molecule has 0 saturated heterocycles. The van der Waals surface area contributed by atoms with Crippen molar-refractivity contribution in [3.63, 3.8) is 0 Å². The van der Waals surface area contributed by atoms with Gasteiger partial charge in [-0.25, -0.2) is 0 Å². The molecule has 1 aromatic rings. The number of hydrogen-bond acceptors (Lipinski definition) is 3. The van der Waals surface area contributed by atoms with E-state index in [0.717, 1.165) is 17.1 Å². The maximum Gasteiger partial charge on any atom is 0.230 e. The van der Waals surface area contributed by atoms with Gasteiger partial charge in [-0.15, -0.1) is 0 Å². The SMILES string of the molecule is COc1ccccc1CNC(=O)CSCC(C)C. The van der Waals surface area contributed by atoms with Crippen molar-refractivity contribution >= 4 is 17.7 Å². The van der Waals surface area contributed by atoms with E-state index < -0.39 is 0 Å². The molecule has 0 fully saturated rings. The topological polar surface area (TPSA) is 38.3 Å². The van der Waals surface area contributed by atoms with Crippen molar-refractivity contribution in [2.24, 2.45) is 5.92 Å². The third-order valence-electron chi connectivity index (χ3n) is 2.35. The third kappa shape index (κ3) is 5.45. The van der Waals surface area contributed by atoms with Crippen molar-refractivity contribution in [1.82, 2.24) is 5.32 Å². The lowest BCUT2D eigenvalue weighted by molar-refractivity contribution is -0.118. The molecular formula is C14H21NO2S. The Morgan fingerprint density at radius 3 is 2.78 bits per heavy atom. The Balaban J connectivity index is 2.33. The average Bonchev–Trinajstić information content (AvgIpc) is 2.36. The minimum absolute atomic E-state index is 0.0755. The molecule has 4 heteroatoms. The first-order valence-corrected chi connectivity index (χ1v) is 7.25. The standard InChI is InChI=1S/C14H21NO2S/c1-11(2)9-18-10-14(16)15-8-12-6-4-5-7-13(12)17-3/h4-7,11H,8-10H2,1-3H3,(H,15,16). The van der Waals surface area contributed by atoms with Gasteiger partial charge in [-0.3, -0.25) is 4.79 Å². The van der Waals surface area contributed by atoms with Gasteiger partial charge in [0, 0.05) is 12.1 Å². The Morgan fingerprint density at radius 2 is 2.11 bits per heavy atom. The highest BCUT2D eigenvalue weighted by Crippen LogP contribution is 2.16. The highest BCUT2D eigenvalue weighted by atomic mass is 32.2. The van der Waals surface area contributed by atoms with Crippen LogP contribution in [0.3, 0.4) is 0 Å². The second-order valence-corrected chi connectivity index (χ2v) is 5.53. The van der Waals surface area contributed by atoms with Crippen LogP contribution in [0.4, 0.5) is 0 Å². The molecular weight excluding hydrogens is 246 g/mol. The van der Waals surface area contributed by atoms with Crippen molar-refractivity contribution in [2.75, 3.05) is 18.6 Å². The van der Waals surface area contributed by atoms with E-state index in [1.165, 1.54) is 0 Å². The van der Waals surface area contributed by atoms with E-state index in [0.29, 0.717) is 18.2 Å². The molecule has 0 bridgehead atoms. The van der Waals surface area contributed by atoms with Gasteiger partial charge in [0.05, 0.1) is 12.9 Å². The van der Waals surface area contributed by atoms with E-state index in [1.54, 1.807) is 18.9 Å². The lowest BCUT2D eigenvalue weighted by Gasteiger charge is -2.09. The fourth-order valence-corrected chi connectivity index (χ4v) is 2.36. The Kier molecular flexibility index (Phi) is 6.65. The van der Waals surface area contributed by atoms with Gasteiger partial charge in [-0.05, 0) is 17.7 Å². The summed E-state index contributed by atoms with van der Waals surface area (Å²) in [4.78, 5) is 11.6. The molecule has 0 aliphatic rings. The summed E-state index contributed by atoms with van der Waals surface area (Å²) in [6.45, 7) is 4.82. The smallest absolute Gasteiger partial charge is 0.230 e. The number of carbonyl (C=O) groups excluding carboxylic acids is 1. The number of amides is 1. The van der Waals surface area contributed by atoms with Crippen LogP contribution in [-0.2, 0) is 11.3 Å². The number of ether oxygens (including phenoxy) is 1. The quantitative estimate of drug-likeness (QED) is 0.825. The molecule has 1 amide bonds. The number of para-hydroxylation sites is 1. The van der Waals surface area contributed by atoms with Crippen LogP contribution in [0, 0.1) is 5.92 Å². The molecule has 0 radical (unpaired) electrons. The molecule has 0 aromatic heterocycles. The monoisotopic (exact) mass is 267 g/mol. The highest BCUT2D eigenvalue weighted by molar-refractivity contribution is 7.99. The summed E-state index contributed by atoms with van der Waals surface area (Å²) in [5, 5.41) is 2.91. The van der Waals surface area contributed by atoms with Crippen LogP contribution < -0.4 is 10.1 Å². The maximum absolute atomic E-state index is 11.6. The largest absolute Gasteiger partial charge is 0.496 e. The number of thioether (sulfide) groups is 1. The molecule has 1 rings (SSSR count). The summed E-state index contributed by atoms with van der Waals surface area (Å²) in [6.07, 6.45) is 0. The fourth-order valence-electron chi connectivity index (χ4n) is 1.48. The van der Waals surface area contributed by atoms with Gasteiger partial charge in [0.25, 0.3) is 0 Å². The van der Waals surface area contributed by atoms with E-state index in [2.05, 4.69) is 19.2 Å². The minimum Gasteiger partial charge on any atom is -0.496 e. The molecule has 100 valence electrons. The lowest BCUT2D eigenvalue weighted by atomic mass is 10.2. The normalized spacial score (nSPS) is 10.4. The molecule has 1 N–H and O–H groups in total. The van der Waals surface area contributed by atoms with Gasteiger partial charge in [0.2, 0.25) is 5.91 Å². The highest BCUT2D eigenvalue weighted by Gasteiger charge is 2.05. The summed E-state index contributed by atoms with van der Waals surface area (Å²) >= 11 is 1.67. The van der Waals surface area contributed by atoms with Gasteiger partial charge >= 0.3 is 0 Å². The van der Waals surface area contributed by atoms with Crippen LogP contribution in [0.2, 0.25) is 0 Å². The summed E-state index contributed by atoms with van der Waals surface area (Å²) in [6, 6.07) is 7.72. The molecule has 0 spiro atoms. The molecule has 0 aliphatic heterocycles. The van der Waals surface area contributed by atoms with E-state index in [9.17, 15) is 4.79 Å². The Labute approximate surface area is 113 Å². The molecule has 0 atom stereocenters. The number of methoxy groups -OCH3 is 1. The zero-order valence-electron chi connectivity index (χ0n) is 11.2. The number of rotatable bonds is 7. The number of hydrogen-bond donors (Lipinski definition) is 1. The summed E-state index contributed by atoms with van der Waals surface area (Å²) in [5.41, 5.74) is 1.00. The first-order chi connectivity index (χ1) is 8.63. The molecule has 0 heterocycles. The second-order valence-electron chi connectivity index (χ2n) is 4.50. The number of nitrogens with one attached hydrogen (secondary N) is 1. The Hall–Kier alpha value is -1.16. The molecule has 3 nitrogen and oxygen atoms in total. The van der Waals surface area contributed by atoms with Crippen LogP contribution in [0.15, 0.2) is 24.3 Å². The van der Waals surface area contributed by atoms with Crippen LogP contribution in [0.25, 0.3) is 0 Å². The zero-order chi connectivity index (χ0) is 13.4. The van der Waals surface area contributed by atoms with Crippen molar-refractivity contribution in [3.05, 3.63) is 29.8 Å². The third-order valence-corrected chi connectivity index (χ3v) is 3.72. The van der Waals surface area contributed by atoms with E-state index in [-0.39, 0.29) is 5.91 Å². The predicted octanol–water partition coefficient (Wildman–Crippen LogP) is 2.70. The average molecular weight is 267 g/mol. The molecule has 18 heavy (non-hydrogen) atoms. The molecule has 0 aliphatic carbocycles. The predicted molar refractivity (Wildman–Crippen MR) is 77.0 cm³/mol. The second kappa shape index (κ2) is 8.03. The van der Waals surface area contributed by atoms with E-state index in [1.807, 2.05) is 24.3 Å². The Bertz CT molecular complexity index is 380. The molecule has 0 saturated carbocycles. The lowest BCUT2D eigenvalue weighted by Crippen LogP contribution is -2.25. The minimum atomic E-state index is 0.0755. The van der Waals surface area contributed by atoms with Crippen molar-refractivity contribution in [1.29, 1.82) is 0 Å².